The van der Waals surface area contributed by atoms with Gasteiger partial charge in [0.25, 0.3) is 0 Å². The fraction of sp³-hybridized carbons (Fsp3) is 0.842. The van der Waals surface area contributed by atoms with E-state index in [4.69, 9.17) is 24.1 Å². The fourth-order valence-corrected chi connectivity index (χ4v) is 2.14. The van der Waals surface area contributed by atoms with Crippen molar-refractivity contribution in [3.05, 3.63) is 0 Å². The maximum Gasteiger partial charge on any atom is 0.305 e. The number of hydrogen-bond acceptors (Lipinski definition) is 7. The van der Waals surface area contributed by atoms with Gasteiger partial charge in [-0.25, -0.2) is 0 Å². The van der Waals surface area contributed by atoms with E-state index in [1.165, 1.54) is 0 Å². The Kier molecular flexibility index (Phi) is 17.9. The van der Waals surface area contributed by atoms with Crippen LogP contribution in [0.5, 0.6) is 0 Å². The van der Waals surface area contributed by atoms with E-state index >= 15 is 0 Å². The largest absolute Gasteiger partial charge is 0.481 e. The smallest absolute Gasteiger partial charge is 0.305 e. The first-order chi connectivity index (χ1) is 13.1. The van der Waals surface area contributed by atoms with Crippen molar-refractivity contribution in [2.75, 3.05) is 39.6 Å². The van der Waals surface area contributed by atoms with Gasteiger partial charge >= 0.3 is 17.9 Å². The number of carbonyl (C=O) groups is 3. The second-order valence-corrected chi connectivity index (χ2v) is 6.08. The minimum atomic E-state index is -0.862. The Hall–Kier alpha value is -1.67. The minimum Gasteiger partial charge on any atom is -0.481 e. The predicted molar refractivity (Wildman–Crippen MR) is 98.4 cm³/mol. The van der Waals surface area contributed by atoms with Crippen LogP contribution in [0.25, 0.3) is 0 Å². The summed E-state index contributed by atoms with van der Waals surface area (Å²) in [7, 11) is 0. The normalized spacial score (nSPS) is 10.6. The summed E-state index contributed by atoms with van der Waals surface area (Å²) < 4.78 is 20.5. The highest BCUT2D eigenvalue weighted by Gasteiger charge is 2.04. The molecular weight excluding hydrogens is 356 g/mol. The van der Waals surface area contributed by atoms with Crippen molar-refractivity contribution in [2.45, 2.75) is 64.7 Å². The van der Waals surface area contributed by atoms with Gasteiger partial charge in [-0.1, -0.05) is 26.2 Å². The topological polar surface area (TPSA) is 108 Å². The molecular formula is C19H34O8. The highest BCUT2D eigenvalue weighted by atomic mass is 16.6. The lowest BCUT2D eigenvalue weighted by molar-refractivity contribution is -0.147. The van der Waals surface area contributed by atoms with Crippen molar-refractivity contribution in [1.29, 1.82) is 0 Å². The van der Waals surface area contributed by atoms with Gasteiger partial charge in [-0.05, 0) is 19.3 Å². The molecule has 0 heterocycles. The maximum absolute atomic E-state index is 11.4. The van der Waals surface area contributed by atoms with E-state index in [1.807, 2.05) is 0 Å². The second kappa shape index (κ2) is 19.1. The lowest BCUT2D eigenvalue weighted by Gasteiger charge is -2.08. The molecule has 27 heavy (non-hydrogen) atoms. The van der Waals surface area contributed by atoms with E-state index in [0.717, 1.165) is 25.7 Å². The van der Waals surface area contributed by atoms with Crippen LogP contribution in [-0.4, -0.2) is 62.7 Å². The average molecular weight is 390 g/mol. The van der Waals surface area contributed by atoms with Crippen LogP contribution in [0.4, 0.5) is 0 Å². The Bertz CT molecular complexity index is 397. The third-order valence-corrected chi connectivity index (χ3v) is 3.61. The first-order valence-electron chi connectivity index (χ1n) is 9.74. The lowest BCUT2D eigenvalue weighted by atomic mass is 10.2. The first-order valence-corrected chi connectivity index (χ1v) is 9.74. The summed E-state index contributed by atoms with van der Waals surface area (Å²) in [6, 6.07) is 0. The third kappa shape index (κ3) is 20.5. The molecule has 0 aliphatic rings. The Balaban J connectivity index is 3.25. The number of carbonyl (C=O) groups excluding carboxylic acids is 2. The van der Waals surface area contributed by atoms with E-state index in [2.05, 4.69) is 6.92 Å². The van der Waals surface area contributed by atoms with Gasteiger partial charge in [-0.2, -0.15) is 0 Å². The Morgan fingerprint density at radius 3 is 1.56 bits per heavy atom. The van der Waals surface area contributed by atoms with Crippen LogP contribution in [0.15, 0.2) is 0 Å². The molecule has 0 saturated carbocycles. The summed E-state index contributed by atoms with van der Waals surface area (Å²) in [5, 5.41) is 8.48. The van der Waals surface area contributed by atoms with Crippen LogP contribution in [0, 0.1) is 0 Å². The maximum atomic E-state index is 11.4. The predicted octanol–water partition coefficient (Wildman–Crippen LogP) is 2.72. The number of ether oxygens (including phenoxy) is 4. The van der Waals surface area contributed by atoms with Gasteiger partial charge in [0.1, 0.15) is 13.2 Å². The van der Waals surface area contributed by atoms with E-state index in [9.17, 15) is 14.4 Å². The van der Waals surface area contributed by atoms with Crippen LogP contribution in [0.2, 0.25) is 0 Å². The molecule has 0 saturated heterocycles. The number of aliphatic carboxylic acids is 1. The van der Waals surface area contributed by atoms with Gasteiger partial charge in [0, 0.05) is 19.3 Å². The fourth-order valence-electron chi connectivity index (χ4n) is 2.14. The molecule has 158 valence electrons. The average Bonchev–Trinajstić information content (AvgIpc) is 2.63. The van der Waals surface area contributed by atoms with E-state index in [-0.39, 0.29) is 44.6 Å². The van der Waals surface area contributed by atoms with Gasteiger partial charge in [-0.15, -0.1) is 0 Å². The molecule has 8 nitrogen and oxygen atoms in total. The number of hydrogen-bond donors (Lipinski definition) is 1. The molecule has 0 bridgehead atoms. The molecule has 0 spiro atoms. The van der Waals surface area contributed by atoms with Gasteiger partial charge in [0.2, 0.25) is 0 Å². The van der Waals surface area contributed by atoms with Gasteiger partial charge in [-0.3, -0.25) is 14.4 Å². The SMILES string of the molecule is CCCCCCC(=O)OCCOCCOCCOC(=O)CCCCC(=O)O. The van der Waals surface area contributed by atoms with Crippen LogP contribution in [-0.2, 0) is 33.3 Å². The molecule has 0 aromatic rings. The second-order valence-electron chi connectivity index (χ2n) is 6.08. The van der Waals surface area contributed by atoms with Crippen molar-refractivity contribution in [2.24, 2.45) is 0 Å². The molecule has 8 heteroatoms. The number of rotatable bonds is 19. The van der Waals surface area contributed by atoms with Gasteiger partial charge in [0.15, 0.2) is 0 Å². The van der Waals surface area contributed by atoms with Crippen LogP contribution in [0.1, 0.15) is 64.7 Å². The zero-order valence-corrected chi connectivity index (χ0v) is 16.4. The van der Waals surface area contributed by atoms with Crippen molar-refractivity contribution >= 4 is 17.9 Å². The van der Waals surface area contributed by atoms with Gasteiger partial charge in [0.05, 0.1) is 26.4 Å². The Morgan fingerprint density at radius 1 is 0.630 bits per heavy atom. The monoisotopic (exact) mass is 390 g/mol. The van der Waals surface area contributed by atoms with Crippen LogP contribution in [0.3, 0.4) is 0 Å². The molecule has 0 aliphatic heterocycles. The zero-order valence-electron chi connectivity index (χ0n) is 16.4. The highest BCUT2D eigenvalue weighted by Crippen LogP contribution is 2.03. The van der Waals surface area contributed by atoms with Crippen molar-refractivity contribution in [1.82, 2.24) is 0 Å². The summed E-state index contributed by atoms with van der Waals surface area (Å²) in [6.45, 7) is 3.86. The molecule has 0 aromatic carbocycles. The summed E-state index contributed by atoms with van der Waals surface area (Å²) >= 11 is 0. The standard InChI is InChI=1S/C19H34O8/c1-2-3-4-5-9-18(22)26-15-13-24-11-12-25-14-16-27-19(23)10-7-6-8-17(20)21/h2-16H2,1H3,(H,20,21). The van der Waals surface area contributed by atoms with Crippen molar-refractivity contribution in [3.63, 3.8) is 0 Å². The van der Waals surface area contributed by atoms with E-state index in [0.29, 0.717) is 39.1 Å². The summed E-state index contributed by atoms with van der Waals surface area (Å²) in [5.41, 5.74) is 0. The number of carboxylic acid groups (broad SMARTS) is 1. The molecule has 0 aromatic heterocycles. The number of esters is 2. The minimum absolute atomic E-state index is 0.0640. The molecule has 0 aliphatic carbocycles. The molecule has 0 radical (unpaired) electrons. The van der Waals surface area contributed by atoms with E-state index in [1.54, 1.807) is 0 Å². The number of carboxylic acids is 1. The number of unbranched alkanes of at least 4 members (excludes halogenated alkanes) is 4. The molecule has 0 atom stereocenters. The lowest BCUT2D eigenvalue weighted by Crippen LogP contribution is -2.15. The molecule has 0 unspecified atom stereocenters. The van der Waals surface area contributed by atoms with Gasteiger partial charge < -0.3 is 24.1 Å². The zero-order chi connectivity index (χ0) is 20.2. The van der Waals surface area contributed by atoms with Crippen LogP contribution < -0.4 is 0 Å². The van der Waals surface area contributed by atoms with Crippen LogP contribution >= 0.6 is 0 Å². The Morgan fingerprint density at radius 2 is 1.07 bits per heavy atom. The first kappa shape index (κ1) is 25.3. The summed E-state index contributed by atoms with van der Waals surface area (Å²) in [6.07, 6.45) is 5.91. The van der Waals surface area contributed by atoms with Crippen molar-refractivity contribution < 1.29 is 38.4 Å². The Labute approximate surface area is 161 Å². The third-order valence-electron chi connectivity index (χ3n) is 3.61. The quantitative estimate of drug-likeness (QED) is 0.265. The summed E-state index contributed by atoms with van der Waals surface area (Å²) in [5.74, 6) is -1.40. The molecule has 0 amide bonds. The summed E-state index contributed by atoms with van der Waals surface area (Å²) in [4.78, 5) is 33.1. The molecule has 0 fully saturated rings. The molecule has 1 N–H and O–H groups in total. The van der Waals surface area contributed by atoms with Crippen molar-refractivity contribution in [3.8, 4) is 0 Å². The van der Waals surface area contributed by atoms with E-state index < -0.39 is 5.97 Å². The highest BCUT2D eigenvalue weighted by molar-refractivity contribution is 5.70. The molecule has 0 rings (SSSR count).